The van der Waals surface area contributed by atoms with Gasteiger partial charge in [-0.25, -0.2) is 0 Å². The number of hydrogen-bond donors (Lipinski definition) is 1. The number of fused-ring (bicyclic) bond motifs is 1. The van der Waals surface area contributed by atoms with Gasteiger partial charge in [0.05, 0.1) is 0 Å². The maximum absolute atomic E-state index is 8.21. The van der Waals surface area contributed by atoms with Gasteiger partial charge in [-0.05, 0) is 17.2 Å². The molecule has 1 aromatic carbocycles. The van der Waals surface area contributed by atoms with Crippen molar-refractivity contribution in [3.8, 4) is 0 Å². The van der Waals surface area contributed by atoms with Crippen molar-refractivity contribution in [3.05, 3.63) is 40.3 Å². The van der Waals surface area contributed by atoms with Gasteiger partial charge < -0.3 is 5.32 Å². The third-order valence-corrected chi connectivity index (χ3v) is 2.30. The Morgan fingerprint density at radius 1 is 1.54 bits per heavy atom. The minimum absolute atomic E-state index is 0.340. The van der Waals surface area contributed by atoms with E-state index in [-0.39, 0.29) is 0 Å². The number of anilines is 1. The van der Waals surface area contributed by atoms with Gasteiger partial charge in [0.2, 0.25) is 0 Å². The lowest BCUT2D eigenvalue weighted by molar-refractivity contribution is 0.762. The third-order valence-electron chi connectivity index (χ3n) is 2.30. The highest BCUT2D eigenvalue weighted by Crippen LogP contribution is 2.30. The summed E-state index contributed by atoms with van der Waals surface area (Å²) in [4.78, 5) is 2.77. The number of nitrogens with one attached hydrogen (secondary N) is 1. The van der Waals surface area contributed by atoms with Gasteiger partial charge in [0.25, 0.3) is 0 Å². The zero-order valence-corrected chi connectivity index (χ0v) is 7.14. The molecule has 0 saturated heterocycles. The molecule has 1 aliphatic rings. The van der Waals surface area contributed by atoms with E-state index in [2.05, 4.69) is 21.4 Å². The molecule has 1 N–H and O–H groups in total. The highest BCUT2D eigenvalue weighted by molar-refractivity contribution is 5.57. The minimum Gasteiger partial charge on any atom is -0.384 e. The van der Waals surface area contributed by atoms with Crippen molar-refractivity contribution in [2.75, 3.05) is 18.4 Å². The molecule has 0 fully saturated rings. The molecule has 4 nitrogen and oxygen atoms in total. The van der Waals surface area contributed by atoms with Crippen LogP contribution in [0.3, 0.4) is 0 Å². The molecular formula is C9H10N4. The Morgan fingerprint density at radius 2 is 2.38 bits per heavy atom. The Labute approximate surface area is 76.2 Å². The third kappa shape index (κ3) is 1.44. The van der Waals surface area contributed by atoms with Crippen LogP contribution >= 0.6 is 0 Å². The summed E-state index contributed by atoms with van der Waals surface area (Å²) >= 11 is 0. The van der Waals surface area contributed by atoms with E-state index in [4.69, 9.17) is 5.53 Å². The van der Waals surface area contributed by atoms with Gasteiger partial charge in [-0.2, -0.15) is 0 Å². The van der Waals surface area contributed by atoms with Crippen LogP contribution in [-0.2, 0) is 0 Å². The zero-order chi connectivity index (χ0) is 9.10. The molecule has 0 saturated carbocycles. The summed E-state index contributed by atoms with van der Waals surface area (Å²) in [7, 11) is 0. The van der Waals surface area contributed by atoms with E-state index in [0.717, 1.165) is 6.54 Å². The summed E-state index contributed by atoms with van der Waals surface area (Å²) in [5, 5.41) is 6.87. The van der Waals surface area contributed by atoms with Gasteiger partial charge >= 0.3 is 0 Å². The molecule has 66 valence electrons. The van der Waals surface area contributed by atoms with Gasteiger partial charge in [-0.3, -0.25) is 0 Å². The first-order valence-corrected chi connectivity index (χ1v) is 4.25. The SMILES string of the molecule is [N-]=[N+]=NCC1CNc2ccccc21. The van der Waals surface area contributed by atoms with Crippen molar-refractivity contribution in [1.82, 2.24) is 0 Å². The Bertz CT molecular complexity index is 354. The Morgan fingerprint density at radius 3 is 3.23 bits per heavy atom. The lowest BCUT2D eigenvalue weighted by atomic mass is 10.0. The first kappa shape index (κ1) is 7.95. The maximum atomic E-state index is 8.21. The van der Waals surface area contributed by atoms with Crippen LogP contribution in [0, 0.1) is 0 Å². The second-order valence-electron chi connectivity index (χ2n) is 3.08. The van der Waals surface area contributed by atoms with Gasteiger partial charge in [-0.1, -0.05) is 23.3 Å². The van der Waals surface area contributed by atoms with Crippen molar-refractivity contribution in [2.24, 2.45) is 5.11 Å². The Hall–Kier alpha value is -1.67. The van der Waals surface area contributed by atoms with Gasteiger partial charge in [-0.15, -0.1) is 0 Å². The molecule has 0 bridgehead atoms. The van der Waals surface area contributed by atoms with Crippen LogP contribution in [-0.4, -0.2) is 13.1 Å². The number of para-hydroxylation sites is 1. The van der Waals surface area contributed by atoms with Gasteiger partial charge in [0, 0.05) is 29.6 Å². The molecule has 1 aromatic rings. The number of azide groups is 1. The average molecular weight is 174 g/mol. The molecule has 0 spiro atoms. The number of rotatable bonds is 2. The van der Waals surface area contributed by atoms with Crippen LogP contribution in [0.15, 0.2) is 29.4 Å². The molecule has 0 aromatic heterocycles. The predicted molar refractivity (Wildman–Crippen MR) is 51.7 cm³/mol. The van der Waals surface area contributed by atoms with Gasteiger partial charge in [0.15, 0.2) is 0 Å². The topological polar surface area (TPSA) is 60.8 Å². The number of benzene rings is 1. The Kier molecular flexibility index (Phi) is 2.06. The quantitative estimate of drug-likeness (QED) is 0.418. The van der Waals surface area contributed by atoms with E-state index < -0.39 is 0 Å². The lowest BCUT2D eigenvalue weighted by Crippen LogP contribution is -2.04. The lowest BCUT2D eigenvalue weighted by Gasteiger charge is -2.04. The van der Waals surface area contributed by atoms with Gasteiger partial charge in [0.1, 0.15) is 0 Å². The summed E-state index contributed by atoms with van der Waals surface area (Å²) in [6.07, 6.45) is 0. The zero-order valence-electron chi connectivity index (χ0n) is 7.14. The first-order chi connectivity index (χ1) is 6.42. The second-order valence-corrected chi connectivity index (χ2v) is 3.08. The Balaban J connectivity index is 2.23. The summed E-state index contributed by atoms with van der Waals surface area (Å²) in [6.45, 7) is 1.42. The molecule has 0 amide bonds. The fourth-order valence-electron chi connectivity index (χ4n) is 1.66. The summed E-state index contributed by atoms with van der Waals surface area (Å²) in [6, 6.07) is 8.13. The number of nitrogens with zero attached hydrogens (tertiary/aromatic N) is 3. The monoisotopic (exact) mass is 174 g/mol. The van der Waals surface area contributed by atoms with Crippen LogP contribution in [0.2, 0.25) is 0 Å². The summed E-state index contributed by atoms with van der Waals surface area (Å²) in [5.74, 6) is 0.340. The fraction of sp³-hybridized carbons (Fsp3) is 0.333. The minimum atomic E-state index is 0.340. The smallest absolute Gasteiger partial charge is 0.0376 e. The van der Waals surface area contributed by atoms with Crippen molar-refractivity contribution in [2.45, 2.75) is 5.92 Å². The van der Waals surface area contributed by atoms with E-state index >= 15 is 0 Å². The summed E-state index contributed by atoms with van der Waals surface area (Å²) in [5.41, 5.74) is 10.6. The molecule has 1 aliphatic heterocycles. The molecule has 1 unspecified atom stereocenters. The van der Waals surface area contributed by atoms with E-state index in [9.17, 15) is 0 Å². The summed E-state index contributed by atoms with van der Waals surface area (Å²) < 4.78 is 0. The van der Waals surface area contributed by atoms with E-state index in [0.29, 0.717) is 12.5 Å². The largest absolute Gasteiger partial charge is 0.384 e. The highest BCUT2D eigenvalue weighted by atomic mass is 15.1. The van der Waals surface area contributed by atoms with E-state index in [1.807, 2.05) is 18.2 Å². The second kappa shape index (κ2) is 3.37. The molecule has 1 atom stereocenters. The average Bonchev–Trinajstić information content (AvgIpc) is 2.58. The molecule has 2 rings (SSSR count). The van der Waals surface area contributed by atoms with E-state index in [1.54, 1.807) is 0 Å². The standard InChI is InChI=1S/C9H10N4/c10-13-12-6-7-5-11-9-4-2-1-3-8(7)9/h1-4,7,11H,5-6H2. The van der Waals surface area contributed by atoms with Crippen LogP contribution in [0.25, 0.3) is 10.4 Å². The number of hydrogen-bond acceptors (Lipinski definition) is 2. The molecule has 4 heteroatoms. The maximum Gasteiger partial charge on any atom is 0.0376 e. The van der Waals surface area contributed by atoms with Crippen molar-refractivity contribution >= 4 is 5.69 Å². The predicted octanol–water partition coefficient (Wildman–Crippen LogP) is 2.51. The van der Waals surface area contributed by atoms with Crippen LogP contribution in [0.4, 0.5) is 5.69 Å². The molecule has 0 radical (unpaired) electrons. The van der Waals surface area contributed by atoms with Crippen molar-refractivity contribution in [3.63, 3.8) is 0 Å². The van der Waals surface area contributed by atoms with Crippen LogP contribution < -0.4 is 5.32 Å². The van der Waals surface area contributed by atoms with Crippen LogP contribution in [0.1, 0.15) is 11.5 Å². The first-order valence-electron chi connectivity index (χ1n) is 4.25. The fourth-order valence-corrected chi connectivity index (χ4v) is 1.66. The molecular weight excluding hydrogens is 164 g/mol. The van der Waals surface area contributed by atoms with Crippen molar-refractivity contribution in [1.29, 1.82) is 0 Å². The van der Waals surface area contributed by atoms with Crippen molar-refractivity contribution < 1.29 is 0 Å². The van der Waals surface area contributed by atoms with Crippen LogP contribution in [0.5, 0.6) is 0 Å². The molecule has 0 aliphatic carbocycles. The highest BCUT2D eigenvalue weighted by Gasteiger charge is 2.19. The molecule has 13 heavy (non-hydrogen) atoms. The van der Waals surface area contributed by atoms with E-state index in [1.165, 1.54) is 11.3 Å². The molecule has 1 heterocycles. The normalized spacial score (nSPS) is 18.6.